The summed E-state index contributed by atoms with van der Waals surface area (Å²) in [5.74, 6) is -0.592. The average molecular weight is 474 g/mol. The van der Waals surface area contributed by atoms with Crippen molar-refractivity contribution in [2.45, 2.75) is 18.5 Å². The van der Waals surface area contributed by atoms with Gasteiger partial charge in [-0.25, -0.2) is 4.98 Å². The molecule has 0 aliphatic carbocycles. The lowest BCUT2D eigenvalue weighted by Crippen LogP contribution is -2.16. The molecule has 170 valence electrons. The van der Waals surface area contributed by atoms with Gasteiger partial charge in [0.05, 0.1) is 35.7 Å². The van der Waals surface area contributed by atoms with Gasteiger partial charge in [-0.2, -0.15) is 10.2 Å². The lowest BCUT2D eigenvalue weighted by molar-refractivity contribution is -0.0964. The Morgan fingerprint density at radius 1 is 1.27 bits per heavy atom. The van der Waals surface area contributed by atoms with Crippen molar-refractivity contribution in [2.75, 3.05) is 11.9 Å². The summed E-state index contributed by atoms with van der Waals surface area (Å²) in [4.78, 5) is 17.4. The molecule has 2 aromatic heterocycles. The molecule has 0 fully saturated rings. The summed E-state index contributed by atoms with van der Waals surface area (Å²) >= 11 is 4.76. The molecule has 1 atom stereocenters. The Bertz CT molecular complexity index is 1280. The molecule has 0 aliphatic rings. The Balaban J connectivity index is 1.69. The second-order valence-electron chi connectivity index (χ2n) is 7.21. The van der Waals surface area contributed by atoms with Gasteiger partial charge < -0.3 is 19.7 Å². The number of fused-ring (bicyclic) bond motifs is 1. The third kappa shape index (κ3) is 5.07. The van der Waals surface area contributed by atoms with Crippen LogP contribution in [0.3, 0.4) is 0 Å². The van der Waals surface area contributed by atoms with Gasteiger partial charge in [-0.3, -0.25) is 4.79 Å². The third-order valence-electron chi connectivity index (χ3n) is 4.86. The molecule has 1 amide bonds. The van der Waals surface area contributed by atoms with Crippen LogP contribution in [0.5, 0.6) is 5.75 Å². The lowest BCUT2D eigenvalue weighted by Gasteiger charge is -2.14. The SMILES string of the molecule is C[C@H](CO)n1cnc2cc(C(=O)Nc3ccc(OC(F)(F)Cl)cc3)cc(-c3cccnn3)c21. The number of nitrogens with zero attached hydrogens (tertiary/aromatic N) is 4. The van der Waals surface area contributed by atoms with E-state index in [9.17, 15) is 18.7 Å². The molecule has 0 spiro atoms. The number of imidazole rings is 1. The van der Waals surface area contributed by atoms with Crippen molar-refractivity contribution in [1.82, 2.24) is 19.7 Å². The summed E-state index contributed by atoms with van der Waals surface area (Å²) in [6, 6.07) is 11.9. The minimum atomic E-state index is -3.83. The van der Waals surface area contributed by atoms with E-state index in [0.29, 0.717) is 33.5 Å². The molecule has 0 saturated carbocycles. The fourth-order valence-corrected chi connectivity index (χ4v) is 3.40. The van der Waals surface area contributed by atoms with Crippen molar-refractivity contribution >= 4 is 34.2 Å². The zero-order valence-corrected chi connectivity index (χ0v) is 18.0. The second kappa shape index (κ2) is 9.08. The molecule has 0 saturated heterocycles. The molecule has 4 rings (SSSR count). The Morgan fingerprint density at radius 2 is 2.03 bits per heavy atom. The number of halogens is 3. The normalized spacial score (nSPS) is 12.5. The van der Waals surface area contributed by atoms with Gasteiger partial charge in [-0.15, -0.1) is 8.78 Å². The first-order valence-corrected chi connectivity index (χ1v) is 10.2. The fourth-order valence-electron chi connectivity index (χ4n) is 3.31. The van der Waals surface area contributed by atoms with E-state index in [0.717, 1.165) is 0 Å². The molecule has 0 unspecified atom stereocenters. The highest BCUT2D eigenvalue weighted by Crippen LogP contribution is 2.31. The third-order valence-corrected chi connectivity index (χ3v) is 4.94. The lowest BCUT2D eigenvalue weighted by atomic mass is 10.0. The number of amides is 1. The van der Waals surface area contributed by atoms with E-state index in [1.807, 2.05) is 11.5 Å². The van der Waals surface area contributed by atoms with Gasteiger partial charge in [0.25, 0.3) is 5.91 Å². The van der Waals surface area contributed by atoms with Gasteiger partial charge in [0.2, 0.25) is 0 Å². The van der Waals surface area contributed by atoms with Crippen LogP contribution in [-0.2, 0) is 0 Å². The molecule has 0 radical (unpaired) electrons. The van der Waals surface area contributed by atoms with E-state index >= 15 is 0 Å². The quantitative estimate of drug-likeness (QED) is 0.384. The molecule has 33 heavy (non-hydrogen) atoms. The van der Waals surface area contributed by atoms with Crippen molar-refractivity contribution in [2.24, 2.45) is 0 Å². The summed E-state index contributed by atoms with van der Waals surface area (Å²) < 4.78 is 31.6. The van der Waals surface area contributed by atoms with E-state index < -0.39 is 11.5 Å². The first-order chi connectivity index (χ1) is 15.7. The highest BCUT2D eigenvalue weighted by Gasteiger charge is 2.27. The summed E-state index contributed by atoms with van der Waals surface area (Å²) in [6.07, 6.45) is 3.14. The first-order valence-electron chi connectivity index (χ1n) is 9.82. The average Bonchev–Trinajstić information content (AvgIpc) is 3.23. The van der Waals surface area contributed by atoms with E-state index in [-0.39, 0.29) is 18.4 Å². The molecule has 11 heteroatoms. The largest absolute Gasteiger partial charge is 0.487 e. The number of aromatic nitrogens is 4. The van der Waals surface area contributed by atoms with Crippen LogP contribution in [0.15, 0.2) is 61.1 Å². The fraction of sp³-hybridized carbons (Fsp3) is 0.182. The molecule has 2 aromatic carbocycles. The predicted octanol–water partition coefficient (Wildman–Crippen LogP) is 4.47. The monoisotopic (exact) mass is 473 g/mol. The predicted molar refractivity (Wildman–Crippen MR) is 118 cm³/mol. The van der Waals surface area contributed by atoms with E-state index in [4.69, 9.17) is 11.6 Å². The van der Waals surface area contributed by atoms with Crippen molar-refractivity contribution in [3.8, 4) is 17.0 Å². The van der Waals surface area contributed by atoms with Gasteiger partial charge in [0.15, 0.2) is 0 Å². The maximum atomic E-state index is 13.0. The van der Waals surface area contributed by atoms with Crippen LogP contribution >= 0.6 is 11.6 Å². The summed E-state index contributed by atoms with van der Waals surface area (Å²) in [6.45, 7) is 1.75. The van der Waals surface area contributed by atoms with Crippen LogP contribution in [-0.4, -0.2) is 42.9 Å². The Hall–Kier alpha value is -3.63. The Kier molecular flexibility index (Phi) is 6.21. The number of benzene rings is 2. The van der Waals surface area contributed by atoms with Crippen LogP contribution in [0.1, 0.15) is 23.3 Å². The number of aliphatic hydroxyl groups is 1. The Morgan fingerprint density at radius 3 is 2.67 bits per heavy atom. The number of ether oxygens (including phenoxy) is 1. The highest BCUT2D eigenvalue weighted by atomic mass is 35.5. The van der Waals surface area contributed by atoms with Crippen LogP contribution < -0.4 is 10.1 Å². The topological polar surface area (TPSA) is 102 Å². The molecular weight excluding hydrogens is 456 g/mol. The highest BCUT2D eigenvalue weighted by molar-refractivity contribution is 6.20. The van der Waals surface area contributed by atoms with Crippen molar-refractivity contribution in [3.05, 3.63) is 66.6 Å². The van der Waals surface area contributed by atoms with Gasteiger partial charge in [-0.1, -0.05) is 0 Å². The minimum absolute atomic E-state index is 0.0943. The number of rotatable bonds is 7. The Labute approximate surface area is 191 Å². The van der Waals surface area contributed by atoms with E-state index in [1.165, 1.54) is 24.3 Å². The minimum Gasteiger partial charge on any atom is -0.420 e. The molecule has 0 bridgehead atoms. The maximum Gasteiger partial charge on any atom is 0.487 e. The standard InChI is InChI=1S/C22H18ClF2N5O3/c1-13(11-31)30-12-26-19-10-14(9-17(20(19)30)18-3-2-8-27-29-18)21(32)28-15-4-6-16(7-5-15)33-22(23,24)25/h2-10,12-13,31H,11H2,1H3,(H,28,32)/t13-/m1/s1. The number of hydrogen-bond acceptors (Lipinski definition) is 6. The number of carbonyl (C=O) groups is 1. The summed E-state index contributed by atoms with van der Waals surface area (Å²) in [7, 11) is 0. The van der Waals surface area contributed by atoms with E-state index in [2.05, 4.69) is 25.2 Å². The van der Waals surface area contributed by atoms with E-state index in [1.54, 1.807) is 36.8 Å². The van der Waals surface area contributed by atoms with Gasteiger partial charge in [0, 0.05) is 34.6 Å². The first kappa shape index (κ1) is 22.6. The summed E-state index contributed by atoms with van der Waals surface area (Å²) in [5, 5.41) is 20.4. The van der Waals surface area contributed by atoms with Gasteiger partial charge >= 0.3 is 5.57 Å². The molecule has 8 nitrogen and oxygen atoms in total. The van der Waals surface area contributed by atoms with Crippen LogP contribution in [0.25, 0.3) is 22.3 Å². The summed E-state index contributed by atoms with van der Waals surface area (Å²) in [5.41, 5.74) is -0.755. The second-order valence-corrected chi connectivity index (χ2v) is 7.65. The molecule has 2 heterocycles. The van der Waals surface area contributed by atoms with Crippen LogP contribution in [0.2, 0.25) is 0 Å². The molecule has 2 N–H and O–H groups in total. The molecular formula is C22H18ClF2N5O3. The van der Waals surface area contributed by atoms with Gasteiger partial charge in [-0.05, 0) is 55.5 Å². The number of aliphatic hydroxyl groups excluding tert-OH is 1. The number of hydrogen-bond donors (Lipinski definition) is 2. The number of carbonyl (C=O) groups excluding carboxylic acids is 1. The molecule has 4 aromatic rings. The van der Waals surface area contributed by atoms with Gasteiger partial charge in [0.1, 0.15) is 5.75 Å². The number of anilines is 1. The van der Waals surface area contributed by atoms with Crippen LogP contribution in [0.4, 0.5) is 14.5 Å². The van der Waals surface area contributed by atoms with Crippen LogP contribution in [0, 0.1) is 0 Å². The van der Waals surface area contributed by atoms with Crippen molar-refractivity contribution < 1.29 is 23.4 Å². The van der Waals surface area contributed by atoms with Crippen molar-refractivity contribution in [1.29, 1.82) is 0 Å². The zero-order valence-electron chi connectivity index (χ0n) is 17.2. The number of nitrogens with one attached hydrogen (secondary N) is 1. The zero-order chi connectivity index (χ0) is 23.6. The van der Waals surface area contributed by atoms with Crippen molar-refractivity contribution in [3.63, 3.8) is 0 Å². The molecule has 0 aliphatic heterocycles. The maximum absolute atomic E-state index is 13.0. The number of alkyl halides is 3. The smallest absolute Gasteiger partial charge is 0.420 e.